The molecule has 0 radical (unpaired) electrons. The summed E-state index contributed by atoms with van der Waals surface area (Å²) in [6.45, 7) is 4.41. The summed E-state index contributed by atoms with van der Waals surface area (Å²) in [6, 6.07) is 23.3. The fraction of sp³-hybridized carbons (Fsp3) is 0.286. The number of anilines is 1. The normalized spacial score (nSPS) is 15.7. The third kappa shape index (κ3) is 4.98. The zero-order valence-electron chi connectivity index (χ0n) is 19.7. The maximum Gasteiger partial charge on any atom is 0.227 e. The summed E-state index contributed by atoms with van der Waals surface area (Å²) in [5, 5.41) is 0.691. The summed E-state index contributed by atoms with van der Waals surface area (Å²) in [4.78, 5) is 19.9. The van der Waals surface area contributed by atoms with Crippen LogP contribution in [-0.2, 0) is 11.3 Å². The number of fused-ring (bicyclic) bond motifs is 1. The van der Waals surface area contributed by atoms with Crippen molar-refractivity contribution < 1.29 is 14.3 Å². The Morgan fingerprint density at radius 1 is 1.00 bits per heavy atom. The van der Waals surface area contributed by atoms with Crippen LogP contribution in [0.25, 0.3) is 11.0 Å². The summed E-state index contributed by atoms with van der Waals surface area (Å²) in [6.07, 6.45) is 1.23. The predicted octanol–water partition coefficient (Wildman–Crippen LogP) is 6.08. The third-order valence-electron chi connectivity index (χ3n) is 6.24. The van der Waals surface area contributed by atoms with Crippen LogP contribution in [0.5, 0.6) is 11.5 Å². The van der Waals surface area contributed by atoms with E-state index in [4.69, 9.17) is 26.1 Å². The molecule has 2 heterocycles. The van der Waals surface area contributed by atoms with Crippen LogP contribution < -0.4 is 14.4 Å². The number of para-hydroxylation sites is 4. The minimum atomic E-state index is 0.00164. The standard InChI is InChI=1S/C28H28ClN3O3/c1-2-34-26-11-6-5-10-25(26)32-19-20(18-27(32)33)28-30-23-8-3-4-9-24(23)31(28)16-7-17-35-22-14-12-21(29)13-15-22/h3-6,8-15,20H,2,7,16-19H2,1H3. The topological polar surface area (TPSA) is 56.6 Å². The number of nitrogens with zero attached hydrogens (tertiary/aromatic N) is 3. The summed E-state index contributed by atoms with van der Waals surface area (Å²) in [7, 11) is 0. The first-order valence-corrected chi connectivity index (χ1v) is 12.4. The van der Waals surface area contributed by atoms with Gasteiger partial charge >= 0.3 is 0 Å². The maximum absolute atomic E-state index is 13.1. The first kappa shape index (κ1) is 23.2. The molecule has 1 saturated heterocycles. The molecule has 7 heteroatoms. The number of benzene rings is 3. The van der Waals surface area contributed by atoms with Gasteiger partial charge in [-0.15, -0.1) is 0 Å². The maximum atomic E-state index is 13.1. The van der Waals surface area contributed by atoms with Gasteiger partial charge in [0.25, 0.3) is 0 Å². The molecule has 1 amide bonds. The van der Waals surface area contributed by atoms with Crippen LogP contribution in [0.1, 0.15) is 31.5 Å². The number of ether oxygens (including phenoxy) is 2. The van der Waals surface area contributed by atoms with E-state index in [1.807, 2.05) is 78.6 Å². The monoisotopic (exact) mass is 489 g/mol. The minimum absolute atomic E-state index is 0.00164. The molecular weight excluding hydrogens is 462 g/mol. The van der Waals surface area contributed by atoms with Crippen molar-refractivity contribution in [3.05, 3.63) is 83.6 Å². The van der Waals surface area contributed by atoms with Gasteiger partial charge < -0.3 is 18.9 Å². The van der Waals surface area contributed by atoms with Gasteiger partial charge in [-0.1, -0.05) is 35.9 Å². The Hall–Kier alpha value is -3.51. The molecule has 180 valence electrons. The molecule has 6 nitrogen and oxygen atoms in total. The highest BCUT2D eigenvalue weighted by Gasteiger charge is 2.35. The van der Waals surface area contributed by atoms with Crippen LogP contribution in [-0.4, -0.2) is 35.2 Å². The summed E-state index contributed by atoms with van der Waals surface area (Å²) >= 11 is 5.96. The number of hydrogen-bond acceptors (Lipinski definition) is 4. The highest BCUT2D eigenvalue weighted by Crippen LogP contribution is 2.37. The quantitative estimate of drug-likeness (QED) is 0.267. The van der Waals surface area contributed by atoms with Gasteiger partial charge in [-0.3, -0.25) is 4.79 Å². The van der Waals surface area contributed by atoms with Gasteiger partial charge in [-0.05, 0) is 61.9 Å². The van der Waals surface area contributed by atoms with Gasteiger partial charge in [0.15, 0.2) is 0 Å². The molecule has 1 fully saturated rings. The molecule has 3 aromatic carbocycles. The average molecular weight is 490 g/mol. The zero-order chi connectivity index (χ0) is 24.2. The van der Waals surface area contributed by atoms with Crippen molar-refractivity contribution in [2.75, 3.05) is 24.7 Å². The lowest BCUT2D eigenvalue weighted by atomic mass is 10.1. The smallest absolute Gasteiger partial charge is 0.227 e. The highest BCUT2D eigenvalue weighted by molar-refractivity contribution is 6.30. The largest absolute Gasteiger partial charge is 0.494 e. The van der Waals surface area contributed by atoms with Crippen LogP contribution in [0.15, 0.2) is 72.8 Å². The van der Waals surface area contributed by atoms with E-state index in [-0.39, 0.29) is 11.8 Å². The first-order valence-electron chi connectivity index (χ1n) is 12.0. The Bertz CT molecular complexity index is 1320. The second kappa shape index (κ2) is 10.4. The summed E-state index contributed by atoms with van der Waals surface area (Å²) in [5.74, 6) is 2.57. The molecule has 35 heavy (non-hydrogen) atoms. The molecule has 0 bridgehead atoms. The lowest BCUT2D eigenvalue weighted by molar-refractivity contribution is -0.117. The van der Waals surface area contributed by atoms with E-state index >= 15 is 0 Å². The first-order chi connectivity index (χ1) is 17.1. The van der Waals surface area contributed by atoms with Gasteiger partial charge in [0.1, 0.15) is 17.3 Å². The van der Waals surface area contributed by atoms with Crippen molar-refractivity contribution >= 4 is 34.2 Å². The van der Waals surface area contributed by atoms with Crippen molar-refractivity contribution in [2.45, 2.75) is 32.2 Å². The van der Waals surface area contributed by atoms with E-state index in [0.717, 1.165) is 47.0 Å². The Morgan fingerprint density at radius 3 is 2.60 bits per heavy atom. The van der Waals surface area contributed by atoms with Crippen LogP contribution in [0, 0.1) is 0 Å². The second-order valence-corrected chi connectivity index (χ2v) is 9.01. The predicted molar refractivity (Wildman–Crippen MR) is 139 cm³/mol. The van der Waals surface area contributed by atoms with Crippen LogP contribution in [0.4, 0.5) is 5.69 Å². The van der Waals surface area contributed by atoms with Crippen LogP contribution >= 0.6 is 11.6 Å². The Labute approximate surface area is 210 Å². The summed E-state index contributed by atoms with van der Waals surface area (Å²) in [5.41, 5.74) is 2.84. The average Bonchev–Trinajstić information content (AvgIpc) is 3.44. The van der Waals surface area contributed by atoms with Crippen molar-refractivity contribution in [3.8, 4) is 11.5 Å². The Morgan fingerprint density at radius 2 is 1.77 bits per heavy atom. The molecular formula is C28H28ClN3O3. The van der Waals surface area contributed by atoms with Crippen LogP contribution in [0.2, 0.25) is 5.02 Å². The van der Waals surface area contributed by atoms with Gasteiger partial charge in [0, 0.05) is 30.5 Å². The number of carbonyl (C=O) groups is 1. The van der Waals surface area contributed by atoms with Gasteiger partial charge in [-0.2, -0.15) is 0 Å². The van der Waals surface area contributed by atoms with Crippen molar-refractivity contribution in [2.24, 2.45) is 0 Å². The molecule has 1 atom stereocenters. The number of aryl methyl sites for hydroxylation is 1. The van der Waals surface area contributed by atoms with Crippen molar-refractivity contribution in [1.82, 2.24) is 9.55 Å². The molecule has 0 spiro atoms. The molecule has 1 unspecified atom stereocenters. The number of hydrogen-bond donors (Lipinski definition) is 0. The van der Waals surface area contributed by atoms with E-state index < -0.39 is 0 Å². The minimum Gasteiger partial charge on any atom is -0.494 e. The number of aromatic nitrogens is 2. The van der Waals surface area contributed by atoms with E-state index in [9.17, 15) is 4.79 Å². The number of rotatable bonds is 9. The number of imidazole rings is 1. The number of carbonyl (C=O) groups excluding carboxylic acids is 1. The third-order valence-corrected chi connectivity index (χ3v) is 6.49. The van der Waals surface area contributed by atoms with E-state index in [0.29, 0.717) is 31.2 Å². The number of amides is 1. The lowest BCUT2D eigenvalue weighted by Crippen LogP contribution is -2.25. The molecule has 1 aromatic heterocycles. The highest BCUT2D eigenvalue weighted by atomic mass is 35.5. The van der Waals surface area contributed by atoms with Crippen molar-refractivity contribution in [1.29, 1.82) is 0 Å². The molecule has 1 aliphatic rings. The van der Waals surface area contributed by atoms with Gasteiger partial charge in [0.2, 0.25) is 5.91 Å². The SMILES string of the molecule is CCOc1ccccc1N1CC(c2nc3ccccc3n2CCCOc2ccc(Cl)cc2)CC1=O. The van der Waals surface area contributed by atoms with Crippen LogP contribution in [0.3, 0.4) is 0 Å². The van der Waals surface area contributed by atoms with Gasteiger partial charge in [-0.25, -0.2) is 4.98 Å². The van der Waals surface area contributed by atoms with E-state index in [1.165, 1.54) is 0 Å². The van der Waals surface area contributed by atoms with Crippen molar-refractivity contribution in [3.63, 3.8) is 0 Å². The molecule has 0 aliphatic carbocycles. The van der Waals surface area contributed by atoms with Gasteiger partial charge in [0.05, 0.1) is 29.9 Å². The molecule has 4 aromatic rings. The molecule has 0 saturated carbocycles. The summed E-state index contributed by atoms with van der Waals surface area (Å²) < 4.78 is 13.9. The molecule has 1 aliphatic heterocycles. The fourth-order valence-corrected chi connectivity index (χ4v) is 4.78. The van der Waals surface area contributed by atoms with E-state index in [2.05, 4.69) is 10.6 Å². The fourth-order valence-electron chi connectivity index (χ4n) is 4.66. The Kier molecular flexibility index (Phi) is 6.91. The second-order valence-electron chi connectivity index (χ2n) is 8.57. The lowest BCUT2D eigenvalue weighted by Gasteiger charge is -2.20. The molecule has 5 rings (SSSR count). The Balaban J connectivity index is 1.35. The molecule has 0 N–H and O–H groups in total. The number of halogens is 1. The van der Waals surface area contributed by atoms with E-state index in [1.54, 1.807) is 0 Å². The zero-order valence-corrected chi connectivity index (χ0v) is 20.4.